The zero-order chi connectivity index (χ0) is 19.8. The van der Waals surface area contributed by atoms with Crippen LogP contribution < -0.4 is 4.72 Å². The Morgan fingerprint density at radius 3 is 2.29 bits per heavy atom. The lowest BCUT2D eigenvalue weighted by Gasteiger charge is -2.27. The zero-order valence-corrected chi connectivity index (χ0v) is 16.6. The first-order valence-corrected chi connectivity index (χ1v) is 10.5. The second-order valence-corrected chi connectivity index (χ2v) is 8.88. The zero-order valence-electron chi connectivity index (χ0n) is 15.8. The maximum absolute atomic E-state index is 12.8. The minimum Gasteiger partial charge on any atom is -0.449 e. The highest BCUT2D eigenvalue weighted by molar-refractivity contribution is 7.89. The topological polar surface area (TPSA) is 81.4 Å². The van der Waals surface area contributed by atoms with Crippen molar-refractivity contribution in [3.05, 3.63) is 71.8 Å². The lowest BCUT2D eigenvalue weighted by atomic mass is 10.0. The molecular weight excluding hydrogens is 376 g/mol. The minimum atomic E-state index is -3.65. The van der Waals surface area contributed by atoms with Gasteiger partial charge in [0.2, 0.25) is 10.0 Å². The number of benzene rings is 2. The van der Waals surface area contributed by atoms with Crippen molar-refractivity contribution in [1.82, 2.24) is 9.71 Å². The van der Waals surface area contributed by atoms with Gasteiger partial charge in [-0.25, -0.2) is 18.1 Å². The molecule has 0 amide bonds. The number of hydrogen-bond acceptors (Lipinski definition) is 5. The summed E-state index contributed by atoms with van der Waals surface area (Å²) in [7, 11) is -2.02. The van der Waals surface area contributed by atoms with Crippen LogP contribution in [0.1, 0.15) is 17.0 Å². The maximum Gasteiger partial charge on any atom is 0.240 e. The van der Waals surface area contributed by atoms with Crippen LogP contribution in [0.5, 0.6) is 0 Å². The van der Waals surface area contributed by atoms with Crippen LogP contribution >= 0.6 is 0 Å². The molecule has 0 atom stereocenters. The molecule has 0 fully saturated rings. The number of hydrogen-bond donors (Lipinski definition) is 1. The molecule has 0 radical (unpaired) electrons. The van der Waals surface area contributed by atoms with Crippen molar-refractivity contribution in [1.29, 1.82) is 0 Å². The summed E-state index contributed by atoms with van der Waals surface area (Å²) in [6.07, 6.45) is 2.93. The molecule has 1 aliphatic carbocycles. The molecule has 146 valence electrons. The van der Waals surface area contributed by atoms with Gasteiger partial charge < -0.3 is 9.15 Å². The number of rotatable bonds is 6. The molecular formula is C21H22N2O4S. The summed E-state index contributed by atoms with van der Waals surface area (Å²) in [6, 6.07) is 14.7. The highest BCUT2D eigenvalue weighted by Crippen LogP contribution is 2.32. The number of ether oxygens (including phenoxy) is 1. The van der Waals surface area contributed by atoms with Crippen LogP contribution in [-0.2, 0) is 27.6 Å². The number of nitrogens with zero attached hydrogens (tertiary/aromatic N) is 1. The van der Waals surface area contributed by atoms with Crippen molar-refractivity contribution in [2.24, 2.45) is 0 Å². The van der Waals surface area contributed by atoms with Gasteiger partial charge in [-0.3, -0.25) is 0 Å². The molecule has 28 heavy (non-hydrogen) atoms. The molecule has 0 bridgehead atoms. The van der Waals surface area contributed by atoms with Crippen LogP contribution in [0.3, 0.4) is 0 Å². The van der Waals surface area contributed by atoms with E-state index >= 15 is 0 Å². The van der Waals surface area contributed by atoms with Gasteiger partial charge in [-0.2, -0.15) is 0 Å². The summed E-state index contributed by atoms with van der Waals surface area (Å²) in [5.41, 5.74) is 3.33. The Bertz CT molecular complexity index is 1060. The first-order chi connectivity index (χ1) is 13.4. The fourth-order valence-corrected chi connectivity index (χ4v) is 4.73. The molecule has 1 heterocycles. The first kappa shape index (κ1) is 18.9. The van der Waals surface area contributed by atoms with Crippen molar-refractivity contribution in [2.45, 2.75) is 30.3 Å². The predicted molar refractivity (Wildman–Crippen MR) is 105 cm³/mol. The molecule has 0 spiro atoms. The van der Waals surface area contributed by atoms with E-state index < -0.39 is 15.6 Å². The van der Waals surface area contributed by atoms with E-state index in [0.717, 1.165) is 5.56 Å². The largest absolute Gasteiger partial charge is 0.449 e. The van der Waals surface area contributed by atoms with Crippen LogP contribution in [0, 0.1) is 6.92 Å². The van der Waals surface area contributed by atoms with Gasteiger partial charge in [0.1, 0.15) is 12.0 Å². The Morgan fingerprint density at radius 2 is 1.75 bits per heavy atom. The molecule has 0 aliphatic heterocycles. The summed E-state index contributed by atoms with van der Waals surface area (Å²) in [5, 5.41) is 0. The van der Waals surface area contributed by atoms with Gasteiger partial charge in [0, 0.05) is 39.0 Å². The molecule has 7 heteroatoms. The first-order valence-electron chi connectivity index (χ1n) is 9.05. The van der Waals surface area contributed by atoms with E-state index in [0.29, 0.717) is 24.4 Å². The molecule has 6 nitrogen and oxygen atoms in total. The fourth-order valence-electron chi connectivity index (χ4n) is 3.61. The van der Waals surface area contributed by atoms with Gasteiger partial charge in [0.25, 0.3) is 0 Å². The third-order valence-corrected chi connectivity index (χ3v) is 6.66. The average molecular weight is 398 g/mol. The van der Waals surface area contributed by atoms with Gasteiger partial charge >= 0.3 is 0 Å². The lowest BCUT2D eigenvalue weighted by Crippen LogP contribution is -2.45. The Kier molecular flexibility index (Phi) is 4.82. The van der Waals surface area contributed by atoms with E-state index in [1.807, 2.05) is 12.1 Å². The van der Waals surface area contributed by atoms with E-state index in [9.17, 15) is 8.42 Å². The van der Waals surface area contributed by atoms with Crippen LogP contribution in [-0.4, -0.2) is 32.7 Å². The van der Waals surface area contributed by atoms with Crippen LogP contribution in [0.25, 0.3) is 11.3 Å². The highest BCUT2D eigenvalue weighted by Gasteiger charge is 2.38. The molecule has 0 saturated heterocycles. The summed E-state index contributed by atoms with van der Waals surface area (Å²) in [6.45, 7) is 1.98. The van der Waals surface area contributed by atoms with Crippen molar-refractivity contribution < 1.29 is 17.6 Å². The molecule has 0 unspecified atom stereocenters. The number of oxazole rings is 1. The number of sulfonamides is 1. The van der Waals surface area contributed by atoms with E-state index in [-0.39, 0.29) is 11.4 Å². The SMILES string of the molecule is COC1(CNS(=O)(=O)c2ccc(-c3coc(C)n3)cc2)Cc2ccccc2C1. The Labute approximate surface area is 164 Å². The van der Waals surface area contributed by atoms with Gasteiger partial charge in [-0.05, 0) is 23.3 Å². The molecule has 1 aliphatic rings. The van der Waals surface area contributed by atoms with E-state index in [1.165, 1.54) is 11.1 Å². The van der Waals surface area contributed by atoms with E-state index in [2.05, 4.69) is 21.8 Å². The number of methoxy groups -OCH3 is 1. The molecule has 3 aromatic rings. The highest BCUT2D eigenvalue weighted by atomic mass is 32.2. The third-order valence-electron chi connectivity index (χ3n) is 5.24. The minimum absolute atomic E-state index is 0.207. The van der Waals surface area contributed by atoms with Gasteiger partial charge in [0.05, 0.1) is 10.5 Å². The molecule has 2 aromatic carbocycles. The summed E-state index contributed by atoms with van der Waals surface area (Å²) in [5.74, 6) is 0.566. The Morgan fingerprint density at radius 1 is 1.11 bits per heavy atom. The molecule has 1 aromatic heterocycles. The Balaban J connectivity index is 1.48. The summed E-state index contributed by atoms with van der Waals surface area (Å²) < 4.78 is 39.2. The smallest absolute Gasteiger partial charge is 0.240 e. The standard InChI is InChI=1S/C21H22N2O4S/c1-15-23-20(13-27-15)16-7-9-19(10-8-16)28(24,25)22-14-21(26-2)11-17-5-3-4-6-18(17)12-21/h3-10,13,22H,11-12,14H2,1-2H3. The molecule has 4 rings (SSSR count). The van der Waals surface area contributed by atoms with E-state index in [4.69, 9.17) is 9.15 Å². The third kappa shape index (κ3) is 3.61. The maximum atomic E-state index is 12.8. The second kappa shape index (κ2) is 7.16. The summed E-state index contributed by atoms with van der Waals surface area (Å²) >= 11 is 0. The normalized spacial score (nSPS) is 15.5. The number of aryl methyl sites for hydroxylation is 1. The van der Waals surface area contributed by atoms with Gasteiger partial charge in [0.15, 0.2) is 5.89 Å². The van der Waals surface area contributed by atoms with Gasteiger partial charge in [-0.1, -0.05) is 36.4 Å². The number of fused-ring (bicyclic) bond motifs is 1. The van der Waals surface area contributed by atoms with Crippen LogP contribution in [0.4, 0.5) is 0 Å². The van der Waals surface area contributed by atoms with Crippen LogP contribution in [0.2, 0.25) is 0 Å². The Hall–Kier alpha value is -2.48. The molecule has 1 N–H and O–H groups in total. The van der Waals surface area contributed by atoms with Crippen molar-refractivity contribution in [3.8, 4) is 11.3 Å². The van der Waals surface area contributed by atoms with Gasteiger partial charge in [-0.15, -0.1) is 0 Å². The molecule has 0 saturated carbocycles. The quantitative estimate of drug-likeness (QED) is 0.690. The summed E-state index contributed by atoms with van der Waals surface area (Å²) in [4.78, 5) is 4.46. The van der Waals surface area contributed by atoms with Crippen molar-refractivity contribution in [2.75, 3.05) is 13.7 Å². The predicted octanol–water partition coefficient (Wildman–Crippen LogP) is 3.11. The fraction of sp³-hybridized carbons (Fsp3) is 0.286. The average Bonchev–Trinajstić information content (AvgIpc) is 3.30. The van der Waals surface area contributed by atoms with E-state index in [1.54, 1.807) is 44.6 Å². The lowest BCUT2D eigenvalue weighted by molar-refractivity contribution is 0.00378. The number of nitrogens with one attached hydrogen (secondary N) is 1. The second-order valence-electron chi connectivity index (χ2n) is 7.11. The number of aromatic nitrogens is 1. The van der Waals surface area contributed by atoms with Crippen molar-refractivity contribution in [3.63, 3.8) is 0 Å². The van der Waals surface area contributed by atoms with Crippen molar-refractivity contribution >= 4 is 10.0 Å². The van der Waals surface area contributed by atoms with Crippen LogP contribution in [0.15, 0.2) is 64.1 Å². The monoisotopic (exact) mass is 398 g/mol.